The Hall–Kier alpha value is -2.23. The highest BCUT2D eigenvalue weighted by atomic mass is 32.2. The number of carbonyl (C=O) groups excluding carboxylic acids is 1. The average molecular weight is 394 g/mol. The SMILES string of the molecule is O=C(O)C=Cc1ccc(S(=O)(=O)N2CCN(C(=O)C3CCCO3)CC2)cc1. The Morgan fingerprint density at radius 1 is 1.11 bits per heavy atom. The fraction of sp³-hybridized carbons (Fsp3) is 0.444. The van der Waals surface area contributed by atoms with Crippen molar-refractivity contribution in [3.05, 3.63) is 35.9 Å². The van der Waals surface area contributed by atoms with Gasteiger partial charge in [0.25, 0.3) is 5.91 Å². The summed E-state index contributed by atoms with van der Waals surface area (Å²) in [4.78, 5) is 24.7. The second-order valence-electron chi connectivity index (χ2n) is 6.47. The van der Waals surface area contributed by atoms with Gasteiger partial charge in [-0.1, -0.05) is 12.1 Å². The van der Waals surface area contributed by atoms with Crippen molar-refractivity contribution in [1.29, 1.82) is 0 Å². The smallest absolute Gasteiger partial charge is 0.328 e. The van der Waals surface area contributed by atoms with Gasteiger partial charge in [-0.15, -0.1) is 0 Å². The number of nitrogens with zero attached hydrogens (tertiary/aromatic N) is 2. The van der Waals surface area contributed by atoms with Crippen LogP contribution in [0.4, 0.5) is 0 Å². The van der Waals surface area contributed by atoms with E-state index in [4.69, 9.17) is 9.84 Å². The molecule has 3 rings (SSSR count). The number of carboxylic acid groups (broad SMARTS) is 1. The van der Waals surface area contributed by atoms with Crippen LogP contribution in [-0.2, 0) is 24.3 Å². The maximum Gasteiger partial charge on any atom is 0.328 e. The number of aliphatic carboxylic acids is 1. The number of carboxylic acids is 1. The third-order valence-electron chi connectivity index (χ3n) is 4.69. The highest BCUT2D eigenvalue weighted by Gasteiger charge is 2.33. The zero-order chi connectivity index (χ0) is 19.4. The van der Waals surface area contributed by atoms with Crippen molar-refractivity contribution in [2.45, 2.75) is 23.8 Å². The van der Waals surface area contributed by atoms with E-state index in [0.29, 0.717) is 25.3 Å². The molecule has 1 aromatic carbocycles. The second kappa shape index (κ2) is 8.20. The Morgan fingerprint density at radius 3 is 2.33 bits per heavy atom. The number of hydrogen-bond acceptors (Lipinski definition) is 5. The maximum atomic E-state index is 12.8. The van der Waals surface area contributed by atoms with E-state index in [2.05, 4.69) is 0 Å². The van der Waals surface area contributed by atoms with Crippen molar-refractivity contribution in [1.82, 2.24) is 9.21 Å². The molecule has 0 radical (unpaired) electrons. The Bertz CT molecular complexity index is 820. The molecule has 2 saturated heterocycles. The standard InChI is InChI=1S/C18H22N2O6S/c21-17(22)8-5-14-3-6-15(7-4-14)27(24,25)20-11-9-19(10-12-20)18(23)16-2-1-13-26-16/h3-8,16H,1-2,9-13H2,(H,21,22). The van der Waals surface area contributed by atoms with Crippen molar-refractivity contribution in [3.8, 4) is 0 Å². The first-order valence-corrected chi connectivity index (χ1v) is 10.2. The lowest BCUT2D eigenvalue weighted by Crippen LogP contribution is -2.52. The molecule has 1 atom stereocenters. The van der Waals surface area contributed by atoms with Crippen LogP contribution in [0, 0.1) is 0 Å². The van der Waals surface area contributed by atoms with Crippen LogP contribution in [0.5, 0.6) is 0 Å². The van der Waals surface area contributed by atoms with Crippen LogP contribution < -0.4 is 0 Å². The van der Waals surface area contributed by atoms with Crippen LogP contribution in [0.2, 0.25) is 0 Å². The van der Waals surface area contributed by atoms with Gasteiger partial charge in [0.2, 0.25) is 10.0 Å². The summed E-state index contributed by atoms with van der Waals surface area (Å²) < 4.78 is 32.3. The van der Waals surface area contributed by atoms with Gasteiger partial charge in [0, 0.05) is 38.9 Å². The molecule has 2 aliphatic heterocycles. The quantitative estimate of drug-likeness (QED) is 0.741. The van der Waals surface area contributed by atoms with Gasteiger partial charge in [-0.05, 0) is 36.6 Å². The van der Waals surface area contributed by atoms with Gasteiger partial charge in [0.15, 0.2) is 0 Å². The molecule has 0 spiro atoms. The molecule has 0 bridgehead atoms. The van der Waals surface area contributed by atoms with E-state index in [-0.39, 0.29) is 30.0 Å². The van der Waals surface area contributed by atoms with E-state index in [1.54, 1.807) is 17.0 Å². The topological polar surface area (TPSA) is 104 Å². The lowest BCUT2D eigenvalue weighted by atomic mass is 10.2. The minimum absolute atomic E-state index is 0.0564. The Balaban J connectivity index is 1.62. The zero-order valence-electron chi connectivity index (χ0n) is 14.8. The minimum Gasteiger partial charge on any atom is -0.478 e. The number of piperazine rings is 1. The summed E-state index contributed by atoms with van der Waals surface area (Å²) in [5.74, 6) is -1.12. The van der Waals surface area contributed by atoms with E-state index in [1.165, 1.54) is 22.5 Å². The van der Waals surface area contributed by atoms with Crippen LogP contribution in [0.3, 0.4) is 0 Å². The van der Waals surface area contributed by atoms with Gasteiger partial charge < -0.3 is 14.7 Å². The molecule has 2 aliphatic rings. The highest BCUT2D eigenvalue weighted by molar-refractivity contribution is 7.89. The Morgan fingerprint density at radius 2 is 1.78 bits per heavy atom. The molecule has 146 valence electrons. The van der Waals surface area contributed by atoms with Gasteiger partial charge in [0.05, 0.1) is 4.90 Å². The van der Waals surface area contributed by atoms with Crippen molar-refractivity contribution in [2.24, 2.45) is 0 Å². The Labute approximate surface area is 158 Å². The number of ether oxygens (including phenoxy) is 1. The fourth-order valence-electron chi connectivity index (χ4n) is 3.19. The molecule has 8 nitrogen and oxygen atoms in total. The summed E-state index contributed by atoms with van der Waals surface area (Å²) in [6, 6.07) is 6.04. The molecule has 9 heteroatoms. The molecule has 27 heavy (non-hydrogen) atoms. The third-order valence-corrected chi connectivity index (χ3v) is 6.60. The number of sulfonamides is 1. The molecular formula is C18H22N2O6S. The molecular weight excluding hydrogens is 372 g/mol. The van der Waals surface area contributed by atoms with Crippen molar-refractivity contribution in [3.63, 3.8) is 0 Å². The van der Waals surface area contributed by atoms with E-state index in [0.717, 1.165) is 18.9 Å². The zero-order valence-corrected chi connectivity index (χ0v) is 15.6. The molecule has 1 unspecified atom stereocenters. The normalized spacial score (nSPS) is 21.6. The molecule has 1 aromatic rings. The van der Waals surface area contributed by atoms with Gasteiger partial charge in [-0.25, -0.2) is 13.2 Å². The first-order valence-electron chi connectivity index (χ1n) is 8.79. The van der Waals surface area contributed by atoms with Crippen LogP contribution in [-0.4, -0.2) is 73.5 Å². The van der Waals surface area contributed by atoms with Crippen molar-refractivity contribution >= 4 is 28.0 Å². The summed E-state index contributed by atoms with van der Waals surface area (Å²) in [5, 5.41) is 8.63. The maximum absolute atomic E-state index is 12.8. The predicted molar refractivity (Wildman–Crippen MR) is 97.4 cm³/mol. The number of amides is 1. The summed E-state index contributed by atoms with van der Waals surface area (Å²) in [6.07, 6.45) is 3.60. The molecule has 0 aromatic heterocycles. The van der Waals surface area contributed by atoms with Crippen molar-refractivity contribution in [2.75, 3.05) is 32.8 Å². The fourth-order valence-corrected chi connectivity index (χ4v) is 4.61. The molecule has 2 heterocycles. The number of carbonyl (C=O) groups is 2. The molecule has 1 amide bonds. The summed E-state index contributed by atoms with van der Waals surface area (Å²) in [6.45, 7) is 1.76. The summed E-state index contributed by atoms with van der Waals surface area (Å²) in [5.41, 5.74) is 0.600. The average Bonchev–Trinajstić information content (AvgIpc) is 3.21. The monoisotopic (exact) mass is 394 g/mol. The first-order chi connectivity index (χ1) is 12.9. The molecule has 0 saturated carbocycles. The minimum atomic E-state index is -3.65. The van der Waals surface area contributed by atoms with Gasteiger partial charge >= 0.3 is 5.97 Å². The van der Waals surface area contributed by atoms with E-state index in [1.807, 2.05) is 0 Å². The van der Waals surface area contributed by atoms with Gasteiger partial charge in [0.1, 0.15) is 6.10 Å². The molecule has 0 aliphatic carbocycles. The number of hydrogen-bond donors (Lipinski definition) is 1. The summed E-state index contributed by atoms with van der Waals surface area (Å²) >= 11 is 0. The van der Waals surface area contributed by atoms with Gasteiger partial charge in [-0.2, -0.15) is 4.31 Å². The third kappa shape index (κ3) is 4.55. The molecule has 1 N–H and O–H groups in total. The Kier molecular flexibility index (Phi) is 5.93. The van der Waals surface area contributed by atoms with Crippen LogP contribution in [0.15, 0.2) is 35.2 Å². The van der Waals surface area contributed by atoms with Crippen molar-refractivity contribution < 1.29 is 27.9 Å². The van der Waals surface area contributed by atoms with Crippen LogP contribution >= 0.6 is 0 Å². The van der Waals surface area contributed by atoms with Gasteiger partial charge in [-0.3, -0.25) is 4.79 Å². The largest absolute Gasteiger partial charge is 0.478 e. The predicted octanol–water partition coefficient (Wildman–Crippen LogP) is 0.796. The summed E-state index contributed by atoms with van der Waals surface area (Å²) in [7, 11) is -3.65. The van der Waals surface area contributed by atoms with Crippen LogP contribution in [0.25, 0.3) is 6.08 Å². The van der Waals surface area contributed by atoms with E-state index < -0.39 is 16.0 Å². The van der Waals surface area contributed by atoms with E-state index in [9.17, 15) is 18.0 Å². The lowest BCUT2D eigenvalue weighted by Gasteiger charge is -2.35. The number of rotatable bonds is 5. The van der Waals surface area contributed by atoms with Crippen LogP contribution in [0.1, 0.15) is 18.4 Å². The molecule has 2 fully saturated rings. The lowest BCUT2D eigenvalue weighted by molar-refractivity contribution is -0.142. The second-order valence-corrected chi connectivity index (χ2v) is 8.41. The number of benzene rings is 1. The highest BCUT2D eigenvalue weighted by Crippen LogP contribution is 2.20. The van der Waals surface area contributed by atoms with E-state index >= 15 is 0 Å². The first kappa shape index (κ1) is 19.5.